The summed E-state index contributed by atoms with van der Waals surface area (Å²) >= 11 is 0. The fraction of sp³-hybridized carbons (Fsp3) is 0.240. The highest BCUT2D eigenvalue weighted by molar-refractivity contribution is 5.81. The van der Waals surface area contributed by atoms with E-state index in [0.29, 0.717) is 6.54 Å². The van der Waals surface area contributed by atoms with Crippen molar-refractivity contribution in [2.24, 2.45) is 0 Å². The fourth-order valence-corrected chi connectivity index (χ4v) is 3.28. The first kappa shape index (κ1) is 20.6. The molecule has 3 aromatic rings. The molecule has 0 saturated carbocycles. The molecule has 4 heteroatoms. The van der Waals surface area contributed by atoms with E-state index < -0.39 is 0 Å². The van der Waals surface area contributed by atoms with Crippen molar-refractivity contribution in [1.29, 1.82) is 0 Å². The number of benzene rings is 3. The molecule has 4 nitrogen and oxygen atoms in total. The van der Waals surface area contributed by atoms with Gasteiger partial charge in [0.25, 0.3) is 0 Å². The first-order valence-corrected chi connectivity index (χ1v) is 9.94. The van der Waals surface area contributed by atoms with Crippen LogP contribution in [0.1, 0.15) is 29.7 Å². The van der Waals surface area contributed by atoms with Crippen molar-refractivity contribution in [3.63, 3.8) is 0 Å². The van der Waals surface area contributed by atoms with Gasteiger partial charge in [0.1, 0.15) is 5.75 Å². The Kier molecular flexibility index (Phi) is 7.42. The number of carbonyl (C=O) groups excluding carboxylic acids is 1. The highest BCUT2D eigenvalue weighted by Gasteiger charge is 2.20. The molecule has 0 heterocycles. The lowest BCUT2D eigenvalue weighted by atomic mass is 9.98. The number of hydrogen-bond acceptors (Lipinski definition) is 3. The molecule has 3 aromatic carbocycles. The van der Waals surface area contributed by atoms with E-state index in [1.807, 2.05) is 67.6 Å². The van der Waals surface area contributed by atoms with Crippen molar-refractivity contribution in [3.8, 4) is 5.75 Å². The predicted molar refractivity (Wildman–Crippen MR) is 117 cm³/mol. The molecule has 0 unspecified atom stereocenters. The molecule has 0 bridgehead atoms. The maximum absolute atomic E-state index is 12.6. The minimum atomic E-state index is -0.323. The van der Waals surface area contributed by atoms with Crippen LogP contribution in [-0.2, 0) is 11.2 Å². The second-order valence-electron chi connectivity index (χ2n) is 7.03. The van der Waals surface area contributed by atoms with Gasteiger partial charge in [-0.1, -0.05) is 72.8 Å². The molecule has 1 amide bonds. The zero-order valence-electron chi connectivity index (χ0n) is 17.0. The van der Waals surface area contributed by atoms with Crippen LogP contribution in [0.15, 0.2) is 84.9 Å². The van der Waals surface area contributed by atoms with E-state index in [1.54, 1.807) is 7.11 Å². The number of amides is 1. The van der Waals surface area contributed by atoms with Crippen molar-refractivity contribution >= 4 is 5.91 Å². The number of hydrogen-bond donors (Lipinski definition) is 2. The van der Waals surface area contributed by atoms with E-state index in [0.717, 1.165) is 28.9 Å². The molecule has 0 aliphatic rings. The molecular weight excluding hydrogens is 360 g/mol. The Morgan fingerprint density at radius 3 is 1.93 bits per heavy atom. The highest BCUT2D eigenvalue weighted by atomic mass is 16.5. The molecule has 1 atom stereocenters. The maximum Gasteiger partial charge on any atom is 0.236 e. The summed E-state index contributed by atoms with van der Waals surface area (Å²) in [7, 11) is 1.65. The number of nitrogens with one attached hydrogen (secondary N) is 2. The van der Waals surface area contributed by atoms with Crippen LogP contribution in [0, 0.1) is 0 Å². The topological polar surface area (TPSA) is 50.4 Å². The normalized spacial score (nSPS) is 11.8. The Hall–Kier alpha value is -3.11. The highest BCUT2D eigenvalue weighted by Crippen LogP contribution is 2.22. The summed E-state index contributed by atoms with van der Waals surface area (Å²) < 4.78 is 5.18. The van der Waals surface area contributed by atoms with Gasteiger partial charge in [-0.3, -0.25) is 10.1 Å². The van der Waals surface area contributed by atoms with Gasteiger partial charge < -0.3 is 10.1 Å². The van der Waals surface area contributed by atoms with Gasteiger partial charge in [0.15, 0.2) is 0 Å². The van der Waals surface area contributed by atoms with Crippen molar-refractivity contribution in [2.75, 3.05) is 13.7 Å². The summed E-state index contributed by atoms with van der Waals surface area (Å²) in [5.41, 5.74) is 3.44. The van der Waals surface area contributed by atoms with E-state index in [1.165, 1.54) is 0 Å². The Morgan fingerprint density at radius 1 is 0.862 bits per heavy atom. The largest absolute Gasteiger partial charge is 0.497 e. The standard InChI is InChI=1S/C25H28N2O2/c1-19(25(28)26-18-17-20-13-15-23(29-2)16-14-20)27-24(21-9-5-3-6-10-21)22-11-7-4-8-12-22/h3-16,19,24,27H,17-18H2,1-2H3,(H,26,28)/t19-/m1/s1. The first-order valence-electron chi connectivity index (χ1n) is 9.94. The lowest BCUT2D eigenvalue weighted by molar-refractivity contribution is -0.122. The first-order chi connectivity index (χ1) is 14.2. The third kappa shape index (κ3) is 5.93. The molecule has 150 valence electrons. The second-order valence-corrected chi connectivity index (χ2v) is 7.03. The molecule has 29 heavy (non-hydrogen) atoms. The van der Waals surface area contributed by atoms with Gasteiger partial charge in [0, 0.05) is 6.54 Å². The Balaban J connectivity index is 1.58. The van der Waals surface area contributed by atoms with E-state index >= 15 is 0 Å². The van der Waals surface area contributed by atoms with Crippen LogP contribution < -0.4 is 15.4 Å². The molecule has 0 aliphatic heterocycles. The van der Waals surface area contributed by atoms with Crippen LogP contribution in [-0.4, -0.2) is 25.6 Å². The number of methoxy groups -OCH3 is 1. The van der Waals surface area contributed by atoms with Crippen molar-refractivity contribution in [3.05, 3.63) is 102 Å². The molecule has 0 spiro atoms. The molecule has 2 N–H and O–H groups in total. The lowest BCUT2D eigenvalue weighted by Crippen LogP contribution is -2.44. The SMILES string of the molecule is COc1ccc(CCNC(=O)[C@@H](C)NC(c2ccccc2)c2ccccc2)cc1. The fourth-order valence-electron chi connectivity index (χ4n) is 3.28. The smallest absolute Gasteiger partial charge is 0.236 e. The van der Waals surface area contributed by atoms with Crippen LogP contribution >= 0.6 is 0 Å². The van der Waals surface area contributed by atoms with Gasteiger partial charge in [0.05, 0.1) is 19.2 Å². The van der Waals surface area contributed by atoms with Gasteiger partial charge in [-0.2, -0.15) is 0 Å². The summed E-state index contributed by atoms with van der Waals surface area (Å²) in [6.45, 7) is 2.50. The zero-order chi connectivity index (χ0) is 20.5. The summed E-state index contributed by atoms with van der Waals surface area (Å²) in [6.07, 6.45) is 0.781. The van der Waals surface area contributed by atoms with Crippen LogP contribution in [0.5, 0.6) is 5.75 Å². The van der Waals surface area contributed by atoms with Crippen LogP contribution in [0.25, 0.3) is 0 Å². The third-order valence-electron chi connectivity index (χ3n) is 4.95. The monoisotopic (exact) mass is 388 g/mol. The zero-order valence-corrected chi connectivity index (χ0v) is 17.0. The molecule has 0 aromatic heterocycles. The Bertz CT molecular complexity index is 840. The average molecular weight is 389 g/mol. The molecule has 0 aliphatic carbocycles. The molecular formula is C25H28N2O2. The Labute approximate surface area is 172 Å². The van der Waals surface area contributed by atoms with Crippen LogP contribution in [0.2, 0.25) is 0 Å². The van der Waals surface area contributed by atoms with Crippen molar-refractivity contribution in [1.82, 2.24) is 10.6 Å². The Morgan fingerprint density at radius 2 is 1.41 bits per heavy atom. The molecule has 0 fully saturated rings. The van der Waals surface area contributed by atoms with Gasteiger partial charge in [0.2, 0.25) is 5.91 Å². The van der Waals surface area contributed by atoms with Crippen molar-refractivity contribution in [2.45, 2.75) is 25.4 Å². The van der Waals surface area contributed by atoms with E-state index in [2.05, 4.69) is 34.9 Å². The maximum atomic E-state index is 12.6. The van der Waals surface area contributed by atoms with Gasteiger partial charge in [-0.05, 0) is 42.2 Å². The summed E-state index contributed by atoms with van der Waals surface area (Å²) in [6, 6.07) is 28.0. The number of ether oxygens (including phenoxy) is 1. The van der Waals surface area contributed by atoms with Crippen molar-refractivity contribution < 1.29 is 9.53 Å². The number of rotatable bonds is 9. The van der Waals surface area contributed by atoms with Gasteiger partial charge in [-0.25, -0.2) is 0 Å². The van der Waals surface area contributed by atoms with Crippen LogP contribution in [0.4, 0.5) is 0 Å². The second kappa shape index (κ2) is 10.4. The molecule has 3 rings (SSSR count). The van der Waals surface area contributed by atoms with Gasteiger partial charge >= 0.3 is 0 Å². The predicted octanol–water partition coefficient (Wildman–Crippen LogP) is 4.12. The summed E-state index contributed by atoms with van der Waals surface area (Å²) in [5.74, 6) is 0.832. The molecule has 0 radical (unpaired) electrons. The quantitative estimate of drug-likeness (QED) is 0.580. The van der Waals surface area contributed by atoms with Crippen LogP contribution in [0.3, 0.4) is 0 Å². The molecule has 0 saturated heterocycles. The summed E-state index contributed by atoms with van der Waals surface area (Å²) in [4.78, 5) is 12.6. The third-order valence-corrected chi connectivity index (χ3v) is 4.95. The van der Waals surface area contributed by atoms with Gasteiger partial charge in [-0.15, -0.1) is 0 Å². The number of carbonyl (C=O) groups is 1. The van der Waals surface area contributed by atoms with E-state index in [4.69, 9.17) is 4.74 Å². The minimum Gasteiger partial charge on any atom is -0.497 e. The van der Waals surface area contributed by atoms with E-state index in [-0.39, 0.29) is 18.0 Å². The average Bonchev–Trinajstić information content (AvgIpc) is 2.79. The minimum absolute atomic E-state index is 0.00428. The lowest BCUT2D eigenvalue weighted by Gasteiger charge is -2.24. The summed E-state index contributed by atoms with van der Waals surface area (Å²) in [5, 5.41) is 6.52. The van der Waals surface area contributed by atoms with E-state index in [9.17, 15) is 4.79 Å².